The van der Waals surface area contributed by atoms with Gasteiger partial charge >= 0.3 is 0 Å². The number of anilines is 1. The highest BCUT2D eigenvalue weighted by Gasteiger charge is 2.19. The summed E-state index contributed by atoms with van der Waals surface area (Å²) in [5.41, 5.74) is 1.69. The minimum absolute atomic E-state index is 0.0113. The van der Waals surface area contributed by atoms with Crippen molar-refractivity contribution in [3.05, 3.63) is 82.4 Å². The number of aromatic nitrogens is 2. The summed E-state index contributed by atoms with van der Waals surface area (Å²) in [5, 5.41) is 13.9. The van der Waals surface area contributed by atoms with Crippen LogP contribution in [-0.4, -0.2) is 35.8 Å². The Labute approximate surface area is 188 Å². The molecule has 168 valence electrons. The van der Waals surface area contributed by atoms with E-state index in [-0.39, 0.29) is 22.0 Å². The van der Waals surface area contributed by atoms with Crippen molar-refractivity contribution in [3.8, 4) is 11.4 Å². The Kier molecular flexibility index (Phi) is 5.80. The lowest BCUT2D eigenvalue weighted by Gasteiger charge is -2.10. The minimum Gasteiger partial charge on any atom is -0.352 e. The Balaban J connectivity index is 1.62. The molecular formula is C22H19N5O5S. The van der Waals surface area contributed by atoms with Crippen LogP contribution in [-0.2, 0) is 10.0 Å². The molecule has 0 saturated heterocycles. The molecule has 1 aromatic heterocycles. The van der Waals surface area contributed by atoms with E-state index in [1.807, 2.05) is 0 Å². The highest BCUT2D eigenvalue weighted by Crippen LogP contribution is 2.28. The lowest BCUT2D eigenvalue weighted by molar-refractivity contribution is -0.383. The number of benzene rings is 3. The monoisotopic (exact) mass is 465 g/mol. The average molecular weight is 465 g/mol. The third-order valence-electron chi connectivity index (χ3n) is 4.84. The van der Waals surface area contributed by atoms with E-state index in [4.69, 9.17) is 0 Å². The van der Waals surface area contributed by atoms with E-state index in [1.165, 1.54) is 42.5 Å². The third-order valence-corrected chi connectivity index (χ3v) is 6.22. The fourth-order valence-electron chi connectivity index (χ4n) is 3.28. The van der Waals surface area contributed by atoms with Gasteiger partial charge in [-0.3, -0.25) is 19.6 Å². The van der Waals surface area contributed by atoms with E-state index in [0.29, 0.717) is 34.7 Å². The zero-order chi connectivity index (χ0) is 23.6. The van der Waals surface area contributed by atoms with Gasteiger partial charge in [0.15, 0.2) is 5.52 Å². The molecule has 4 rings (SSSR count). The number of nitro groups is 1. The number of para-hydroxylation sites is 1. The summed E-state index contributed by atoms with van der Waals surface area (Å²) in [6.45, 7) is 2.29. The molecule has 0 aliphatic carbocycles. The number of sulfonamides is 1. The normalized spacial score (nSPS) is 11.3. The fraction of sp³-hybridized carbons (Fsp3) is 0.0909. The Morgan fingerprint density at radius 3 is 2.52 bits per heavy atom. The highest BCUT2D eigenvalue weighted by atomic mass is 32.2. The van der Waals surface area contributed by atoms with Crippen LogP contribution in [0.5, 0.6) is 0 Å². The first-order valence-corrected chi connectivity index (χ1v) is 11.4. The van der Waals surface area contributed by atoms with Crippen molar-refractivity contribution >= 4 is 38.3 Å². The second-order valence-corrected chi connectivity index (χ2v) is 8.77. The van der Waals surface area contributed by atoms with Crippen molar-refractivity contribution in [3.63, 3.8) is 0 Å². The number of hydrogen-bond acceptors (Lipinski definition) is 6. The first kappa shape index (κ1) is 22.0. The minimum atomic E-state index is -3.94. The fourth-order valence-corrected chi connectivity index (χ4v) is 4.38. The van der Waals surface area contributed by atoms with Crippen LogP contribution in [0, 0.1) is 10.1 Å². The molecule has 0 aliphatic rings. The molecule has 0 unspecified atom stereocenters. The van der Waals surface area contributed by atoms with Crippen molar-refractivity contribution in [1.29, 1.82) is 0 Å². The zero-order valence-electron chi connectivity index (χ0n) is 17.4. The van der Waals surface area contributed by atoms with Gasteiger partial charge in [-0.05, 0) is 49.4 Å². The summed E-state index contributed by atoms with van der Waals surface area (Å²) in [7, 11) is -3.94. The first-order chi connectivity index (χ1) is 15.8. The van der Waals surface area contributed by atoms with Crippen LogP contribution < -0.4 is 10.0 Å². The van der Waals surface area contributed by atoms with Gasteiger partial charge in [-0.1, -0.05) is 18.2 Å². The standard InChI is InChI=1S/C22H19N5O5S/c1-2-23-22(28)14-9-11-16(12-10-14)26-33(31,32)17-6-3-5-15(13-17)21-24-18-7-4-8-19(27(29)30)20(18)25-21/h3-13,26H,2H2,1H3,(H,23,28)(H,24,25). The number of fused-ring (bicyclic) bond motifs is 1. The number of H-pyrrole nitrogens is 1. The van der Waals surface area contributed by atoms with Crippen LogP contribution in [0.25, 0.3) is 22.4 Å². The van der Waals surface area contributed by atoms with E-state index in [9.17, 15) is 23.3 Å². The predicted octanol–water partition coefficient (Wildman–Crippen LogP) is 3.69. The SMILES string of the molecule is CCNC(=O)c1ccc(NS(=O)(=O)c2cccc(-c3nc4c([N+](=O)[O-])cccc4[nH]3)c2)cc1. The van der Waals surface area contributed by atoms with Gasteiger partial charge in [0.2, 0.25) is 0 Å². The van der Waals surface area contributed by atoms with E-state index in [0.717, 1.165) is 0 Å². The van der Waals surface area contributed by atoms with E-state index in [2.05, 4.69) is 20.0 Å². The summed E-state index contributed by atoms with van der Waals surface area (Å²) < 4.78 is 28.3. The Morgan fingerprint density at radius 2 is 1.82 bits per heavy atom. The van der Waals surface area contributed by atoms with Crippen molar-refractivity contribution in [2.75, 3.05) is 11.3 Å². The molecule has 10 nitrogen and oxygen atoms in total. The number of nitrogens with one attached hydrogen (secondary N) is 3. The lowest BCUT2D eigenvalue weighted by atomic mass is 10.2. The van der Waals surface area contributed by atoms with Crippen molar-refractivity contribution in [1.82, 2.24) is 15.3 Å². The number of carbonyl (C=O) groups excluding carboxylic acids is 1. The van der Waals surface area contributed by atoms with Gasteiger partial charge in [-0.15, -0.1) is 0 Å². The molecule has 0 fully saturated rings. The molecule has 11 heteroatoms. The van der Waals surface area contributed by atoms with Crippen LogP contribution in [0.15, 0.2) is 71.6 Å². The Morgan fingerprint density at radius 1 is 1.09 bits per heavy atom. The maximum absolute atomic E-state index is 12.9. The van der Waals surface area contributed by atoms with E-state index < -0.39 is 14.9 Å². The van der Waals surface area contributed by atoms with Gasteiger partial charge in [0, 0.05) is 29.4 Å². The molecule has 0 spiro atoms. The molecular weight excluding hydrogens is 446 g/mol. The van der Waals surface area contributed by atoms with Gasteiger partial charge in [-0.2, -0.15) is 0 Å². The number of nitro benzene ring substituents is 1. The van der Waals surface area contributed by atoms with Crippen LogP contribution in [0.1, 0.15) is 17.3 Å². The second-order valence-electron chi connectivity index (χ2n) is 7.09. The average Bonchev–Trinajstić information content (AvgIpc) is 3.24. The van der Waals surface area contributed by atoms with Crippen LogP contribution in [0.4, 0.5) is 11.4 Å². The third kappa shape index (κ3) is 4.53. The maximum Gasteiger partial charge on any atom is 0.297 e. The number of nitrogens with zero attached hydrogens (tertiary/aromatic N) is 2. The number of aromatic amines is 1. The number of carbonyl (C=O) groups is 1. The number of rotatable bonds is 7. The number of amides is 1. The molecule has 3 aromatic carbocycles. The summed E-state index contributed by atoms with van der Waals surface area (Å²) in [5.74, 6) is 0.0633. The zero-order valence-corrected chi connectivity index (χ0v) is 18.2. The molecule has 0 saturated carbocycles. The summed E-state index contributed by atoms with van der Waals surface area (Å²) in [4.78, 5) is 29.9. The topological polar surface area (TPSA) is 147 Å². The number of imidazole rings is 1. The first-order valence-electron chi connectivity index (χ1n) is 9.93. The second kappa shape index (κ2) is 8.71. The van der Waals surface area contributed by atoms with Gasteiger partial charge in [-0.25, -0.2) is 13.4 Å². The molecule has 33 heavy (non-hydrogen) atoms. The highest BCUT2D eigenvalue weighted by molar-refractivity contribution is 7.92. The van der Waals surface area contributed by atoms with E-state index >= 15 is 0 Å². The Bertz CT molecular complexity index is 1460. The smallest absolute Gasteiger partial charge is 0.297 e. The van der Waals surface area contributed by atoms with Gasteiger partial charge < -0.3 is 10.3 Å². The molecule has 4 aromatic rings. The van der Waals surface area contributed by atoms with Gasteiger partial charge in [0.1, 0.15) is 5.82 Å². The van der Waals surface area contributed by atoms with Crippen molar-refractivity contribution < 1.29 is 18.1 Å². The Hall–Kier alpha value is -4.25. The van der Waals surface area contributed by atoms with Gasteiger partial charge in [0.05, 0.1) is 15.3 Å². The van der Waals surface area contributed by atoms with Crippen molar-refractivity contribution in [2.45, 2.75) is 11.8 Å². The molecule has 3 N–H and O–H groups in total. The van der Waals surface area contributed by atoms with Crippen LogP contribution in [0.2, 0.25) is 0 Å². The number of non-ortho nitro benzene ring substituents is 1. The quantitative estimate of drug-likeness (QED) is 0.280. The van der Waals surface area contributed by atoms with Crippen molar-refractivity contribution in [2.24, 2.45) is 0 Å². The number of hydrogen-bond donors (Lipinski definition) is 3. The maximum atomic E-state index is 12.9. The van der Waals surface area contributed by atoms with Crippen LogP contribution in [0.3, 0.4) is 0 Å². The molecule has 1 heterocycles. The van der Waals surface area contributed by atoms with E-state index in [1.54, 1.807) is 31.2 Å². The summed E-state index contributed by atoms with van der Waals surface area (Å²) in [6.07, 6.45) is 0. The molecule has 0 radical (unpaired) electrons. The molecule has 0 bridgehead atoms. The molecule has 1 amide bonds. The largest absolute Gasteiger partial charge is 0.352 e. The summed E-state index contributed by atoms with van der Waals surface area (Å²) in [6, 6.07) is 16.7. The predicted molar refractivity (Wildman–Crippen MR) is 123 cm³/mol. The summed E-state index contributed by atoms with van der Waals surface area (Å²) >= 11 is 0. The molecule has 0 atom stereocenters. The lowest BCUT2D eigenvalue weighted by Crippen LogP contribution is -2.22. The molecule has 0 aliphatic heterocycles. The van der Waals surface area contributed by atoms with Gasteiger partial charge in [0.25, 0.3) is 21.6 Å². The van der Waals surface area contributed by atoms with Crippen LogP contribution >= 0.6 is 0 Å².